The molecule has 226 valence electrons. The summed E-state index contributed by atoms with van der Waals surface area (Å²) in [5.74, 6) is 0.325. The lowest BCUT2D eigenvalue weighted by Crippen LogP contribution is -2.53. The number of carbonyl (C=O) groups excluding carboxylic acids is 2. The number of halogens is 1. The maximum Gasteiger partial charge on any atom is 0.247 e. The second kappa shape index (κ2) is 14.3. The predicted octanol–water partition coefficient (Wildman–Crippen LogP) is 7.08. The standard InChI is InChI=1S/C36H32IN5O2S/c1-25-40-31(24-45-25)16-17-32(43)42(22-26-12-14-29(15-13-26)35-38-19-7-20-39-35)34(33(37)28-9-3-2-4-10-28)36(44)41-21-18-27-8-5-6-11-30(27)23-41/h2-17,19-20,24,33-34H,18,21-23H2,1H3. The van der Waals surface area contributed by atoms with Crippen LogP contribution < -0.4 is 0 Å². The second-order valence-electron chi connectivity index (χ2n) is 10.9. The van der Waals surface area contributed by atoms with Crippen molar-refractivity contribution in [1.29, 1.82) is 0 Å². The van der Waals surface area contributed by atoms with Crippen LogP contribution in [-0.2, 0) is 29.1 Å². The van der Waals surface area contributed by atoms with E-state index in [-0.39, 0.29) is 22.3 Å². The third-order valence-corrected chi connectivity index (χ3v) is 10.1. The summed E-state index contributed by atoms with van der Waals surface area (Å²) in [5.41, 5.74) is 5.91. The van der Waals surface area contributed by atoms with E-state index in [9.17, 15) is 9.59 Å². The molecule has 1 aliphatic heterocycles. The number of hydrogen-bond donors (Lipinski definition) is 0. The molecular formula is C36H32IN5O2S. The highest BCUT2D eigenvalue weighted by Gasteiger charge is 2.39. The van der Waals surface area contributed by atoms with E-state index >= 15 is 0 Å². The van der Waals surface area contributed by atoms with E-state index in [1.165, 1.54) is 16.9 Å². The van der Waals surface area contributed by atoms with Gasteiger partial charge in [-0.2, -0.15) is 0 Å². The molecule has 2 atom stereocenters. The molecule has 2 amide bonds. The number of benzene rings is 3. The van der Waals surface area contributed by atoms with Gasteiger partial charge in [-0.1, -0.05) is 101 Å². The summed E-state index contributed by atoms with van der Waals surface area (Å²) in [4.78, 5) is 45.7. The fraction of sp³-hybridized carbons (Fsp3) is 0.194. The molecule has 0 spiro atoms. The molecule has 6 rings (SSSR count). The molecule has 2 unspecified atom stereocenters. The van der Waals surface area contributed by atoms with Crippen molar-refractivity contribution < 1.29 is 9.59 Å². The number of hydrogen-bond acceptors (Lipinski definition) is 6. The van der Waals surface area contributed by atoms with Crippen LogP contribution in [0, 0.1) is 6.92 Å². The van der Waals surface area contributed by atoms with E-state index in [2.05, 4.69) is 49.7 Å². The van der Waals surface area contributed by atoms with E-state index in [0.29, 0.717) is 18.9 Å². The van der Waals surface area contributed by atoms with Crippen molar-refractivity contribution in [3.8, 4) is 11.4 Å². The minimum absolute atomic E-state index is 0.0617. The average molecular weight is 726 g/mol. The van der Waals surface area contributed by atoms with Gasteiger partial charge in [0.05, 0.1) is 14.6 Å². The van der Waals surface area contributed by atoms with Crippen LogP contribution in [0.3, 0.4) is 0 Å². The Hall–Kier alpha value is -4.22. The topological polar surface area (TPSA) is 79.3 Å². The maximum atomic E-state index is 14.7. The highest BCUT2D eigenvalue weighted by molar-refractivity contribution is 14.1. The first-order valence-corrected chi connectivity index (χ1v) is 16.9. The summed E-state index contributed by atoms with van der Waals surface area (Å²) in [6.45, 7) is 3.31. The molecule has 7 nitrogen and oxygen atoms in total. The molecule has 0 aliphatic carbocycles. The van der Waals surface area contributed by atoms with Crippen molar-refractivity contribution >= 4 is 51.8 Å². The van der Waals surface area contributed by atoms with Gasteiger partial charge >= 0.3 is 0 Å². The van der Waals surface area contributed by atoms with Crippen LogP contribution in [0.4, 0.5) is 0 Å². The number of carbonyl (C=O) groups is 2. The fourth-order valence-electron chi connectivity index (χ4n) is 5.53. The minimum atomic E-state index is -0.746. The molecule has 3 aromatic carbocycles. The van der Waals surface area contributed by atoms with Crippen LogP contribution in [0.5, 0.6) is 0 Å². The summed E-state index contributed by atoms with van der Waals surface area (Å²) in [6.07, 6.45) is 7.49. The summed E-state index contributed by atoms with van der Waals surface area (Å²) in [6, 6.07) is 27.1. The van der Waals surface area contributed by atoms with Gasteiger partial charge in [0, 0.05) is 49.0 Å². The van der Waals surface area contributed by atoms with Crippen LogP contribution >= 0.6 is 33.9 Å². The first kappa shape index (κ1) is 30.8. The van der Waals surface area contributed by atoms with E-state index < -0.39 is 6.04 Å². The zero-order valence-electron chi connectivity index (χ0n) is 24.8. The molecule has 0 radical (unpaired) electrons. The number of alkyl halides is 1. The summed E-state index contributed by atoms with van der Waals surface area (Å²) in [5, 5.41) is 2.85. The van der Waals surface area contributed by atoms with Crippen molar-refractivity contribution in [2.24, 2.45) is 0 Å². The van der Waals surface area contributed by atoms with Gasteiger partial charge in [0.15, 0.2) is 5.82 Å². The molecule has 9 heteroatoms. The first-order chi connectivity index (χ1) is 22.0. The maximum absolute atomic E-state index is 14.7. The minimum Gasteiger partial charge on any atom is -0.336 e. The van der Waals surface area contributed by atoms with Gasteiger partial charge in [0.2, 0.25) is 11.8 Å². The molecule has 5 aromatic rings. The normalized spacial score (nSPS) is 14.1. The number of aryl methyl sites for hydroxylation is 1. The van der Waals surface area contributed by atoms with Crippen LogP contribution in [0.2, 0.25) is 0 Å². The lowest BCUT2D eigenvalue weighted by Gasteiger charge is -2.38. The van der Waals surface area contributed by atoms with Crippen LogP contribution in [0.15, 0.2) is 109 Å². The molecule has 1 aliphatic rings. The van der Waals surface area contributed by atoms with Gasteiger partial charge in [0.25, 0.3) is 0 Å². The Morgan fingerprint density at radius 1 is 0.956 bits per heavy atom. The summed E-state index contributed by atoms with van der Waals surface area (Å²) < 4.78 is -0.288. The van der Waals surface area contributed by atoms with Crippen molar-refractivity contribution in [1.82, 2.24) is 24.8 Å². The molecule has 0 saturated carbocycles. The van der Waals surface area contributed by atoms with Gasteiger partial charge in [-0.25, -0.2) is 15.0 Å². The molecule has 0 N–H and O–H groups in total. The Morgan fingerprint density at radius 2 is 1.67 bits per heavy atom. The SMILES string of the molecule is Cc1nc(C=CC(=O)N(Cc2ccc(-c3ncccn3)cc2)C(C(=O)N2CCc3ccccc3C2)C(I)c2ccccc2)cs1. The Kier molecular flexibility index (Phi) is 9.75. The zero-order valence-corrected chi connectivity index (χ0v) is 27.8. The Balaban J connectivity index is 1.37. The quantitative estimate of drug-likeness (QED) is 0.0923. The first-order valence-electron chi connectivity index (χ1n) is 14.8. The Bertz CT molecular complexity index is 1790. The molecule has 0 fully saturated rings. The molecule has 45 heavy (non-hydrogen) atoms. The van der Waals surface area contributed by atoms with E-state index in [1.54, 1.807) is 35.5 Å². The largest absolute Gasteiger partial charge is 0.336 e. The number of nitrogens with zero attached hydrogens (tertiary/aromatic N) is 5. The van der Waals surface area contributed by atoms with E-state index in [1.807, 2.05) is 83.9 Å². The van der Waals surface area contributed by atoms with Gasteiger partial charge in [0.1, 0.15) is 6.04 Å². The number of fused-ring (bicyclic) bond motifs is 1. The smallest absolute Gasteiger partial charge is 0.247 e. The number of thiazole rings is 1. The third-order valence-electron chi connectivity index (χ3n) is 7.87. The van der Waals surface area contributed by atoms with Crippen molar-refractivity contribution in [3.63, 3.8) is 0 Å². The number of amides is 2. The molecule has 0 saturated heterocycles. The van der Waals surface area contributed by atoms with E-state index in [4.69, 9.17) is 0 Å². The van der Waals surface area contributed by atoms with Crippen molar-refractivity contribution in [2.75, 3.05) is 6.54 Å². The Labute approximate surface area is 280 Å². The summed E-state index contributed by atoms with van der Waals surface area (Å²) >= 11 is 3.87. The fourth-order valence-corrected chi connectivity index (χ4v) is 7.22. The zero-order chi connectivity index (χ0) is 31.2. The van der Waals surface area contributed by atoms with Gasteiger partial charge in [-0.3, -0.25) is 9.59 Å². The monoisotopic (exact) mass is 725 g/mol. The van der Waals surface area contributed by atoms with Crippen molar-refractivity contribution in [2.45, 2.75) is 36.4 Å². The van der Waals surface area contributed by atoms with E-state index in [0.717, 1.165) is 39.4 Å². The molecule has 0 bridgehead atoms. The molecule has 2 aromatic heterocycles. The molecule has 3 heterocycles. The lowest BCUT2D eigenvalue weighted by molar-refractivity contribution is -0.144. The van der Waals surface area contributed by atoms with Gasteiger partial charge in [-0.05, 0) is 47.7 Å². The predicted molar refractivity (Wildman–Crippen MR) is 186 cm³/mol. The van der Waals surface area contributed by atoms with Gasteiger partial charge < -0.3 is 9.80 Å². The van der Waals surface area contributed by atoms with Crippen LogP contribution in [-0.4, -0.2) is 49.2 Å². The number of aromatic nitrogens is 3. The Morgan fingerprint density at radius 3 is 2.38 bits per heavy atom. The second-order valence-corrected chi connectivity index (χ2v) is 13.3. The highest BCUT2D eigenvalue weighted by atomic mass is 127. The van der Waals surface area contributed by atoms with Gasteiger partial charge in [-0.15, -0.1) is 11.3 Å². The van der Waals surface area contributed by atoms with Crippen molar-refractivity contribution in [3.05, 3.63) is 142 Å². The lowest BCUT2D eigenvalue weighted by atomic mass is 9.97. The highest BCUT2D eigenvalue weighted by Crippen LogP contribution is 2.34. The molecular weight excluding hydrogens is 693 g/mol. The van der Waals surface area contributed by atoms with Crippen LogP contribution in [0.25, 0.3) is 17.5 Å². The summed E-state index contributed by atoms with van der Waals surface area (Å²) in [7, 11) is 0. The van der Waals surface area contributed by atoms with Crippen LogP contribution in [0.1, 0.15) is 36.9 Å². The number of rotatable bonds is 9. The third kappa shape index (κ3) is 7.37. The average Bonchev–Trinajstić information content (AvgIpc) is 3.52.